The Hall–Kier alpha value is -1.08. The Morgan fingerprint density at radius 3 is 2.88 bits per heavy atom. The molecule has 2 rings (SSSR count). The van der Waals surface area contributed by atoms with Gasteiger partial charge in [-0.15, -0.1) is 5.10 Å². The van der Waals surface area contributed by atoms with Crippen LogP contribution in [0, 0.1) is 12.7 Å². The molecule has 0 bridgehead atoms. The smallest absolute Gasteiger partial charge is 0.213 e. The standard InChI is InChI=1S/C9H8BrFN4S/c1-4-13-9(15-14-4)16-8-2-5(10)6(11)3-7(8)12/h2-3H,12H2,1H3,(H,13,14,15). The van der Waals surface area contributed by atoms with Gasteiger partial charge in [-0.25, -0.2) is 9.37 Å². The summed E-state index contributed by atoms with van der Waals surface area (Å²) in [5.74, 6) is 0.343. The molecule has 84 valence electrons. The molecule has 7 heteroatoms. The van der Waals surface area contributed by atoms with Gasteiger partial charge in [0.25, 0.3) is 0 Å². The highest BCUT2D eigenvalue weighted by Gasteiger charge is 2.09. The van der Waals surface area contributed by atoms with E-state index in [9.17, 15) is 4.39 Å². The summed E-state index contributed by atoms with van der Waals surface area (Å²) >= 11 is 4.39. The lowest BCUT2D eigenvalue weighted by Gasteiger charge is -2.04. The molecule has 0 fully saturated rings. The van der Waals surface area contributed by atoms with Gasteiger partial charge in [0.15, 0.2) is 0 Å². The van der Waals surface area contributed by atoms with Gasteiger partial charge in [0.1, 0.15) is 11.6 Å². The predicted molar refractivity (Wildman–Crippen MR) is 63.8 cm³/mol. The maximum atomic E-state index is 13.1. The fourth-order valence-corrected chi connectivity index (χ4v) is 2.42. The first-order valence-corrected chi connectivity index (χ1v) is 5.98. The van der Waals surface area contributed by atoms with Crippen LogP contribution in [0.25, 0.3) is 0 Å². The van der Waals surface area contributed by atoms with Crippen LogP contribution in [0.4, 0.5) is 10.1 Å². The average Bonchev–Trinajstić information content (AvgIpc) is 2.60. The number of aromatic nitrogens is 3. The molecular formula is C9H8BrFN4S. The van der Waals surface area contributed by atoms with Crippen LogP contribution in [0.15, 0.2) is 26.7 Å². The van der Waals surface area contributed by atoms with Crippen LogP contribution < -0.4 is 5.73 Å². The summed E-state index contributed by atoms with van der Waals surface area (Å²) in [6.07, 6.45) is 0. The lowest BCUT2D eigenvalue weighted by atomic mass is 10.3. The molecule has 3 N–H and O–H groups in total. The fraction of sp³-hybridized carbons (Fsp3) is 0.111. The number of nitrogen functional groups attached to an aromatic ring is 1. The summed E-state index contributed by atoms with van der Waals surface area (Å²) in [4.78, 5) is 4.85. The maximum absolute atomic E-state index is 13.1. The molecular weight excluding hydrogens is 295 g/mol. The minimum atomic E-state index is -0.381. The Morgan fingerprint density at radius 2 is 2.25 bits per heavy atom. The van der Waals surface area contributed by atoms with E-state index >= 15 is 0 Å². The van der Waals surface area contributed by atoms with E-state index in [0.29, 0.717) is 20.2 Å². The quantitative estimate of drug-likeness (QED) is 0.837. The van der Waals surface area contributed by atoms with Crippen LogP contribution in [0.1, 0.15) is 5.82 Å². The first kappa shape index (κ1) is 11.4. The van der Waals surface area contributed by atoms with Gasteiger partial charge in [0.05, 0.1) is 4.47 Å². The Kier molecular flexibility index (Phi) is 3.15. The van der Waals surface area contributed by atoms with Gasteiger partial charge >= 0.3 is 0 Å². The largest absolute Gasteiger partial charge is 0.398 e. The van der Waals surface area contributed by atoms with E-state index in [2.05, 4.69) is 31.1 Å². The van der Waals surface area contributed by atoms with E-state index in [1.165, 1.54) is 17.8 Å². The van der Waals surface area contributed by atoms with Crippen LogP contribution >= 0.6 is 27.7 Å². The van der Waals surface area contributed by atoms with E-state index in [0.717, 1.165) is 5.82 Å². The van der Waals surface area contributed by atoms with E-state index < -0.39 is 0 Å². The topological polar surface area (TPSA) is 67.6 Å². The molecule has 0 aliphatic rings. The molecule has 4 nitrogen and oxygen atoms in total. The Labute approximate surface area is 104 Å². The summed E-state index contributed by atoms with van der Waals surface area (Å²) in [6.45, 7) is 1.81. The Balaban J connectivity index is 2.31. The van der Waals surface area contributed by atoms with Gasteiger partial charge in [-0.1, -0.05) is 0 Å². The Morgan fingerprint density at radius 1 is 1.50 bits per heavy atom. The number of benzene rings is 1. The van der Waals surface area contributed by atoms with Crippen LogP contribution in [0.5, 0.6) is 0 Å². The predicted octanol–water partition coefficient (Wildman–Crippen LogP) is 2.75. The number of hydrogen-bond acceptors (Lipinski definition) is 4. The second-order valence-electron chi connectivity index (χ2n) is 3.11. The van der Waals surface area contributed by atoms with Crippen LogP contribution in [0.3, 0.4) is 0 Å². The van der Waals surface area contributed by atoms with Gasteiger partial charge in [0, 0.05) is 10.6 Å². The third-order valence-corrected chi connectivity index (χ3v) is 3.38. The Bertz CT molecular complexity index is 528. The van der Waals surface area contributed by atoms with Crippen molar-refractivity contribution in [2.24, 2.45) is 0 Å². The van der Waals surface area contributed by atoms with Gasteiger partial charge in [0.2, 0.25) is 5.16 Å². The molecule has 0 saturated carbocycles. The molecule has 2 aromatic rings. The third-order valence-electron chi connectivity index (χ3n) is 1.83. The number of halogens is 2. The fourth-order valence-electron chi connectivity index (χ4n) is 1.10. The molecule has 0 atom stereocenters. The molecule has 0 aliphatic heterocycles. The lowest BCUT2D eigenvalue weighted by Crippen LogP contribution is -1.91. The first-order chi connectivity index (χ1) is 7.56. The summed E-state index contributed by atoms with van der Waals surface area (Å²) in [7, 11) is 0. The van der Waals surface area contributed by atoms with E-state index in [-0.39, 0.29) is 5.82 Å². The zero-order valence-corrected chi connectivity index (χ0v) is 10.7. The van der Waals surface area contributed by atoms with Crippen molar-refractivity contribution in [3.8, 4) is 0 Å². The second kappa shape index (κ2) is 4.42. The molecule has 0 radical (unpaired) electrons. The molecule has 0 unspecified atom stereocenters. The van der Waals surface area contributed by atoms with Crippen molar-refractivity contribution in [3.63, 3.8) is 0 Å². The number of H-pyrrole nitrogens is 1. The van der Waals surface area contributed by atoms with Crippen molar-refractivity contribution in [2.45, 2.75) is 17.0 Å². The summed E-state index contributed by atoms with van der Waals surface area (Å²) in [5.41, 5.74) is 6.07. The van der Waals surface area contributed by atoms with Crippen LogP contribution in [0.2, 0.25) is 0 Å². The molecule has 0 saturated heterocycles. The number of rotatable bonds is 2. The number of hydrogen-bond donors (Lipinski definition) is 2. The number of aryl methyl sites for hydroxylation is 1. The van der Waals surface area contributed by atoms with Crippen LogP contribution in [-0.2, 0) is 0 Å². The zero-order chi connectivity index (χ0) is 11.7. The highest BCUT2D eigenvalue weighted by molar-refractivity contribution is 9.10. The molecule has 1 aromatic carbocycles. The highest BCUT2D eigenvalue weighted by atomic mass is 79.9. The monoisotopic (exact) mass is 302 g/mol. The number of nitrogens with one attached hydrogen (secondary N) is 1. The second-order valence-corrected chi connectivity index (χ2v) is 4.97. The summed E-state index contributed by atoms with van der Waals surface area (Å²) in [5, 5.41) is 7.25. The molecule has 0 aliphatic carbocycles. The molecule has 0 amide bonds. The molecule has 16 heavy (non-hydrogen) atoms. The summed E-state index contributed by atoms with van der Waals surface area (Å²) in [6, 6.07) is 2.88. The van der Waals surface area contributed by atoms with E-state index in [4.69, 9.17) is 5.73 Å². The van der Waals surface area contributed by atoms with Crippen LogP contribution in [-0.4, -0.2) is 15.2 Å². The number of aromatic amines is 1. The normalized spacial score (nSPS) is 10.7. The van der Waals surface area contributed by atoms with Crippen molar-refractivity contribution in [1.82, 2.24) is 15.2 Å². The van der Waals surface area contributed by atoms with Crippen molar-refractivity contribution < 1.29 is 4.39 Å². The van der Waals surface area contributed by atoms with Gasteiger partial charge in [-0.2, -0.15) is 0 Å². The highest BCUT2D eigenvalue weighted by Crippen LogP contribution is 2.33. The number of nitrogens with zero attached hydrogens (tertiary/aromatic N) is 2. The SMILES string of the molecule is Cc1nc(Sc2cc(Br)c(F)cc2N)n[nH]1. The van der Waals surface area contributed by atoms with Gasteiger partial charge in [-0.3, -0.25) is 5.10 Å². The van der Waals surface area contributed by atoms with Gasteiger partial charge in [-0.05, 0) is 46.7 Å². The van der Waals surface area contributed by atoms with E-state index in [1.54, 1.807) is 13.0 Å². The van der Waals surface area contributed by atoms with Gasteiger partial charge < -0.3 is 5.73 Å². The number of anilines is 1. The minimum Gasteiger partial charge on any atom is -0.398 e. The first-order valence-electron chi connectivity index (χ1n) is 4.37. The molecule has 1 heterocycles. The average molecular weight is 303 g/mol. The zero-order valence-electron chi connectivity index (χ0n) is 8.29. The molecule has 1 aromatic heterocycles. The van der Waals surface area contributed by atoms with E-state index in [1.807, 2.05) is 0 Å². The molecule has 0 spiro atoms. The number of nitrogens with two attached hydrogens (primary N) is 1. The third kappa shape index (κ3) is 2.35. The van der Waals surface area contributed by atoms with Crippen molar-refractivity contribution in [2.75, 3.05) is 5.73 Å². The minimum absolute atomic E-state index is 0.369. The summed E-state index contributed by atoms with van der Waals surface area (Å²) < 4.78 is 13.5. The maximum Gasteiger partial charge on any atom is 0.213 e. The van der Waals surface area contributed by atoms with Crippen molar-refractivity contribution in [3.05, 3.63) is 28.2 Å². The lowest BCUT2D eigenvalue weighted by molar-refractivity contribution is 0.620. The van der Waals surface area contributed by atoms with Crippen molar-refractivity contribution in [1.29, 1.82) is 0 Å². The van der Waals surface area contributed by atoms with Crippen molar-refractivity contribution >= 4 is 33.4 Å².